The molecule has 1 atom stereocenters. The molecule has 0 saturated heterocycles. The van der Waals surface area contributed by atoms with Crippen LogP contribution in [0.5, 0.6) is 0 Å². The van der Waals surface area contributed by atoms with Gasteiger partial charge in [-0.2, -0.15) is 4.67 Å². The molecule has 0 saturated carbocycles. The van der Waals surface area contributed by atoms with Gasteiger partial charge in [0.25, 0.3) is 0 Å². The smallest absolute Gasteiger partial charge is 0.324 e. The molecule has 0 fully saturated rings. The molecule has 2 rings (SSSR count). The third-order valence-corrected chi connectivity index (χ3v) is 5.15. The van der Waals surface area contributed by atoms with E-state index in [1.165, 1.54) is 0 Å². The molecule has 6 nitrogen and oxygen atoms in total. The third kappa shape index (κ3) is 5.47. The molecule has 0 bridgehead atoms. The molecular weight excluding hydrogens is 350 g/mol. The summed E-state index contributed by atoms with van der Waals surface area (Å²) in [7, 11) is -4.05. The second kappa shape index (κ2) is 8.32. The monoisotopic (exact) mass is 370 g/mol. The van der Waals surface area contributed by atoms with Crippen molar-refractivity contribution in [2.24, 2.45) is 0 Å². The first-order valence-corrected chi connectivity index (χ1v) is 10.2. The first-order valence-electron chi connectivity index (χ1n) is 7.24. The van der Waals surface area contributed by atoms with Crippen LogP contribution in [-0.2, 0) is 26.6 Å². The Balaban J connectivity index is 2.23. The van der Waals surface area contributed by atoms with Crippen LogP contribution < -0.4 is 0 Å². The SMILES string of the molecule is Cc1cc(CPOOO)ccc1-c1ccc(CP(=O)(O)O)cc1C. The fraction of sp³-hybridized carbons (Fsp3) is 0.250. The highest BCUT2D eigenvalue weighted by molar-refractivity contribution is 7.50. The molecule has 8 heteroatoms. The highest BCUT2D eigenvalue weighted by Crippen LogP contribution is 2.40. The van der Waals surface area contributed by atoms with E-state index in [-0.39, 0.29) is 15.0 Å². The molecule has 1 unspecified atom stereocenters. The zero-order valence-corrected chi connectivity index (χ0v) is 15.3. The molecule has 130 valence electrons. The van der Waals surface area contributed by atoms with Crippen molar-refractivity contribution in [3.05, 3.63) is 58.7 Å². The van der Waals surface area contributed by atoms with Crippen molar-refractivity contribution < 1.29 is 29.3 Å². The van der Waals surface area contributed by atoms with Crippen LogP contribution in [0.25, 0.3) is 11.1 Å². The summed E-state index contributed by atoms with van der Waals surface area (Å²) in [6.07, 6.45) is 0.391. The Morgan fingerprint density at radius 3 is 2.04 bits per heavy atom. The van der Waals surface area contributed by atoms with Crippen molar-refractivity contribution in [2.75, 3.05) is 0 Å². The lowest BCUT2D eigenvalue weighted by atomic mass is 9.94. The minimum absolute atomic E-state index is 0.0135. The summed E-state index contributed by atoms with van der Waals surface area (Å²) in [6.45, 7) is 3.94. The summed E-state index contributed by atoms with van der Waals surface area (Å²) < 4.78 is 15.6. The molecule has 0 spiro atoms. The van der Waals surface area contributed by atoms with E-state index < -0.39 is 7.60 Å². The maximum absolute atomic E-state index is 11.1. The Morgan fingerprint density at radius 1 is 1.00 bits per heavy atom. The number of hydrogen-bond donors (Lipinski definition) is 3. The summed E-state index contributed by atoms with van der Waals surface area (Å²) >= 11 is 0. The van der Waals surface area contributed by atoms with Gasteiger partial charge in [0, 0.05) is 6.16 Å². The lowest BCUT2D eigenvalue weighted by Gasteiger charge is -2.13. The van der Waals surface area contributed by atoms with E-state index in [1.807, 2.05) is 44.2 Å². The van der Waals surface area contributed by atoms with Crippen LogP contribution in [0.15, 0.2) is 36.4 Å². The fourth-order valence-electron chi connectivity index (χ4n) is 2.64. The van der Waals surface area contributed by atoms with Gasteiger partial charge in [0.05, 0.1) is 15.0 Å². The van der Waals surface area contributed by atoms with E-state index >= 15 is 0 Å². The van der Waals surface area contributed by atoms with Gasteiger partial charge in [0.2, 0.25) is 0 Å². The molecule has 0 aliphatic heterocycles. The Labute approximate surface area is 142 Å². The summed E-state index contributed by atoms with van der Waals surface area (Å²) in [5, 5.41) is 11.8. The molecule has 0 aliphatic rings. The van der Waals surface area contributed by atoms with E-state index in [0.29, 0.717) is 11.7 Å². The summed E-state index contributed by atoms with van der Waals surface area (Å²) in [5.74, 6) is 0. The van der Waals surface area contributed by atoms with Crippen LogP contribution >= 0.6 is 16.4 Å². The van der Waals surface area contributed by atoms with E-state index in [9.17, 15) is 4.57 Å². The van der Waals surface area contributed by atoms with Gasteiger partial charge in [0.15, 0.2) is 0 Å². The van der Waals surface area contributed by atoms with E-state index in [1.54, 1.807) is 6.07 Å². The van der Waals surface area contributed by atoms with Gasteiger partial charge in [-0.25, -0.2) is 5.26 Å². The molecule has 0 aliphatic carbocycles. The largest absolute Gasteiger partial charge is 0.329 e. The van der Waals surface area contributed by atoms with Gasteiger partial charge < -0.3 is 9.79 Å². The number of benzene rings is 2. The van der Waals surface area contributed by atoms with Crippen molar-refractivity contribution in [2.45, 2.75) is 26.2 Å². The van der Waals surface area contributed by atoms with Gasteiger partial charge in [0.1, 0.15) is 0 Å². The van der Waals surface area contributed by atoms with Gasteiger partial charge in [-0.1, -0.05) is 41.4 Å². The Kier molecular flexibility index (Phi) is 6.67. The van der Waals surface area contributed by atoms with Crippen molar-refractivity contribution in [1.82, 2.24) is 0 Å². The number of hydrogen-bond acceptors (Lipinski definition) is 4. The molecule has 0 heterocycles. The Morgan fingerprint density at radius 2 is 1.54 bits per heavy atom. The predicted molar refractivity (Wildman–Crippen MR) is 93.9 cm³/mol. The molecular formula is C16H20O6P2. The van der Waals surface area contributed by atoms with Gasteiger partial charge in [-0.3, -0.25) is 4.57 Å². The molecule has 0 radical (unpaired) electrons. The van der Waals surface area contributed by atoms with Crippen LogP contribution in [0.1, 0.15) is 22.3 Å². The zero-order chi connectivity index (χ0) is 17.7. The molecule has 2 aromatic carbocycles. The maximum atomic E-state index is 11.1. The second-order valence-corrected chi connectivity index (χ2v) is 8.05. The fourth-order valence-corrected chi connectivity index (χ4v) is 3.81. The van der Waals surface area contributed by atoms with Crippen molar-refractivity contribution in [1.29, 1.82) is 0 Å². The molecule has 0 aromatic heterocycles. The van der Waals surface area contributed by atoms with Gasteiger partial charge in [-0.05, 0) is 47.2 Å². The normalized spacial score (nSPS) is 12.2. The second-order valence-electron chi connectivity index (χ2n) is 5.60. The zero-order valence-electron chi connectivity index (χ0n) is 13.4. The van der Waals surface area contributed by atoms with E-state index in [0.717, 1.165) is 27.8 Å². The lowest BCUT2D eigenvalue weighted by Crippen LogP contribution is -1.93. The number of rotatable bonds is 7. The average molecular weight is 370 g/mol. The van der Waals surface area contributed by atoms with Crippen LogP contribution in [0.2, 0.25) is 0 Å². The van der Waals surface area contributed by atoms with Gasteiger partial charge in [-0.15, -0.1) is 0 Å². The Hall–Kier alpha value is -1.10. The van der Waals surface area contributed by atoms with E-state index in [4.69, 9.17) is 15.0 Å². The minimum Gasteiger partial charge on any atom is -0.324 e. The van der Waals surface area contributed by atoms with Crippen LogP contribution in [0.4, 0.5) is 0 Å². The van der Waals surface area contributed by atoms with Crippen LogP contribution in [0.3, 0.4) is 0 Å². The predicted octanol–water partition coefficient (Wildman–Crippen LogP) is 4.16. The minimum atomic E-state index is -4.06. The van der Waals surface area contributed by atoms with Crippen molar-refractivity contribution in [3.8, 4) is 11.1 Å². The average Bonchev–Trinajstić information content (AvgIpc) is 2.47. The Bertz CT molecular complexity index is 756. The first kappa shape index (κ1) is 19.2. The summed E-state index contributed by atoms with van der Waals surface area (Å²) in [4.78, 5) is 18.2. The first-order chi connectivity index (χ1) is 11.3. The number of aryl methyl sites for hydroxylation is 2. The standard InChI is InChI=1S/C16H20O6P2/c1-11-7-13(9-23-22-21-17)3-5-15(11)16-6-4-14(8-12(16)2)10-24(18,19)20/h3-8,17,23H,9-10H2,1-2H3,(H2,18,19,20). The third-order valence-electron chi connectivity index (χ3n) is 3.63. The highest BCUT2D eigenvalue weighted by Gasteiger charge is 2.15. The molecule has 3 N–H and O–H groups in total. The molecule has 2 aromatic rings. The van der Waals surface area contributed by atoms with Crippen molar-refractivity contribution in [3.63, 3.8) is 0 Å². The van der Waals surface area contributed by atoms with E-state index in [2.05, 4.69) is 9.71 Å². The highest BCUT2D eigenvalue weighted by atomic mass is 31.2. The van der Waals surface area contributed by atoms with Gasteiger partial charge >= 0.3 is 7.60 Å². The van der Waals surface area contributed by atoms with Crippen LogP contribution in [-0.4, -0.2) is 15.0 Å². The molecule has 24 heavy (non-hydrogen) atoms. The quantitative estimate of drug-likeness (QED) is 0.293. The maximum Gasteiger partial charge on any atom is 0.329 e. The molecule has 0 amide bonds. The topological polar surface area (TPSA) is 96.2 Å². The lowest BCUT2D eigenvalue weighted by molar-refractivity contribution is -0.435. The van der Waals surface area contributed by atoms with Crippen molar-refractivity contribution >= 4 is 16.4 Å². The summed E-state index contributed by atoms with van der Waals surface area (Å²) in [6, 6.07) is 11.5. The van der Waals surface area contributed by atoms with Crippen LogP contribution in [0, 0.1) is 13.8 Å². The summed E-state index contributed by atoms with van der Waals surface area (Å²) in [5.41, 5.74) is 5.86.